The Morgan fingerprint density at radius 2 is 1.96 bits per heavy atom. The van der Waals surface area contributed by atoms with E-state index in [9.17, 15) is 4.79 Å². The first kappa shape index (κ1) is 15.6. The summed E-state index contributed by atoms with van der Waals surface area (Å²) < 4.78 is 7.41. The zero-order valence-corrected chi connectivity index (χ0v) is 13.1. The van der Waals surface area contributed by atoms with E-state index in [-0.39, 0.29) is 19.1 Å². The second-order valence-electron chi connectivity index (χ2n) is 5.79. The topological polar surface area (TPSA) is 63.5 Å². The highest BCUT2D eigenvalue weighted by Gasteiger charge is 2.21. The molecule has 1 aromatic heterocycles. The number of carbonyl (C=O) groups is 1. The number of aliphatic hydroxyl groups excluding tert-OH is 1. The van der Waals surface area contributed by atoms with Crippen molar-refractivity contribution in [2.24, 2.45) is 0 Å². The van der Waals surface area contributed by atoms with Crippen LogP contribution in [0.1, 0.15) is 42.2 Å². The number of ether oxygens (including phenoxy) is 1. The average molecular weight is 314 g/mol. The van der Waals surface area contributed by atoms with E-state index < -0.39 is 0 Å². The van der Waals surface area contributed by atoms with Crippen LogP contribution in [0.5, 0.6) is 5.75 Å². The SMILES string of the molecule is O=C(Nc1ccc(OCCO)cc1)c1cccn1C1CCCC1. The molecule has 0 aliphatic heterocycles. The van der Waals surface area contributed by atoms with Crippen LogP contribution in [0.25, 0.3) is 0 Å². The minimum atomic E-state index is -0.0917. The van der Waals surface area contributed by atoms with Crippen molar-refractivity contribution in [3.05, 3.63) is 48.3 Å². The molecule has 122 valence electrons. The first-order valence-electron chi connectivity index (χ1n) is 8.10. The van der Waals surface area contributed by atoms with Crippen LogP contribution in [-0.4, -0.2) is 28.8 Å². The molecule has 3 rings (SSSR count). The van der Waals surface area contributed by atoms with Crippen molar-refractivity contribution in [3.63, 3.8) is 0 Å². The highest BCUT2D eigenvalue weighted by molar-refractivity contribution is 6.03. The van der Waals surface area contributed by atoms with E-state index in [1.807, 2.05) is 18.3 Å². The first-order chi connectivity index (χ1) is 11.3. The number of carbonyl (C=O) groups excluding carboxylic acids is 1. The first-order valence-corrected chi connectivity index (χ1v) is 8.10. The Morgan fingerprint density at radius 3 is 2.65 bits per heavy atom. The summed E-state index contributed by atoms with van der Waals surface area (Å²) in [5, 5.41) is 11.7. The number of aromatic nitrogens is 1. The van der Waals surface area contributed by atoms with Gasteiger partial charge in [0.1, 0.15) is 18.1 Å². The predicted molar refractivity (Wildman–Crippen MR) is 88.9 cm³/mol. The van der Waals surface area contributed by atoms with E-state index in [1.54, 1.807) is 24.3 Å². The number of aliphatic hydroxyl groups is 1. The van der Waals surface area contributed by atoms with Crippen LogP contribution in [-0.2, 0) is 0 Å². The molecule has 0 unspecified atom stereocenters. The summed E-state index contributed by atoms with van der Waals surface area (Å²) in [5.74, 6) is 0.581. The Kier molecular flexibility index (Phi) is 4.98. The normalized spacial score (nSPS) is 14.8. The maximum atomic E-state index is 12.5. The highest BCUT2D eigenvalue weighted by atomic mass is 16.5. The molecule has 1 saturated carbocycles. The van der Waals surface area contributed by atoms with Crippen molar-refractivity contribution >= 4 is 11.6 Å². The number of nitrogens with one attached hydrogen (secondary N) is 1. The molecule has 1 aliphatic carbocycles. The second kappa shape index (κ2) is 7.33. The summed E-state index contributed by atoms with van der Waals surface area (Å²) >= 11 is 0. The van der Waals surface area contributed by atoms with Crippen molar-refractivity contribution in [2.45, 2.75) is 31.7 Å². The summed E-state index contributed by atoms with van der Waals surface area (Å²) in [6.07, 6.45) is 6.76. The van der Waals surface area contributed by atoms with Gasteiger partial charge < -0.3 is 19.7 Å². The smallest absolute Gasteiger partial charge is 0.272 e. The van der Waals surface area contributed by atoms with Crippen LogP contribution in [0.4, 0.5) is 5.69 Å². The molecule has 23 heavy (non-hydrogen) atoms. The molecule has 0 spiro atoms. The molecule has 5 nitrogen and oxygen atoms in total. The second-order valence-corrected chi connectivity index (χ2v) is 5.79. The minimum Gasteiger partial charge on any atom is -0.491 e. The highest BCUT2D eigenvalue weighted by Crippen LogP contribution is 2.31. The van der Waals surface area contributed by atoms with Crippen LogP contribution in [0.15, 0.2) is 42.6 Å². The van der Waals surface area contributed by atoms with Gasteiger partial charge in [0.05, 0.1) is 6.61 Å². The van der Waals surface area contributed by atoms with E-state index in [1.165, 1.54) is 12.8 Å². The van der Waals surface area contributed by atoms with Crippen molar-refractivity contribution in [1.82, 2.24) is 4.57 Å². The molecule has 0 saturated heterocycles. The lowest BCUT2D eigenvalue weighted by Gasteiger charge is -2.16. The lowest BCUT2D eigenvalue weighted by atomic mass is 10.2. The number of hydrogen-bond donors (Lipinski definition) is 2. The zero-order chi connectivity index (χ0) is 16.1. The molecule has 1 aliphatic rings. The molecular weight excluding hydrogens is 292 g/mol. The van der Waals surface area contributed by atoms with Crippen molar-refractivity contribution in [3.8, 4) is 5.75 Å². The number of nitrogens with zero attached hydrogens (tertiary/aromatic N) is 1. The van der Waals surface area contributed by atoms with Gasteiger partial charge >= 0.3 is 0 Å². The molecule has 5 heteroatoms. The fourth-order valence-electron chi connectivity index (χ4n) is 3.08. The standard InChI is InChI=1S/C18H22N2O3/c21-12-13-23-16-9-7-14(8-10-16)19-18(22)17-6-3-11-20(17)15-4-1-2-5-15/h3,6-11,15,21H,1-2,4-5,12-13H2,(H,19,22). The third-order valence-corrected chi connectivity index (χ3v) is 4.20. The van der Waals surface area contributed by atoms with Crippen LogP contribution >= 0.6 is 0 Å². The molecule has 1 amide bonds. The Hall–Kier alpha value is -2.27. The summed E-state index contributed by atoms with van der Waals surface area (Å²) in [7, 11) is 0. The van der Waals surface area contributed by atoms with Gasteiger partial charge in [-0.15, -0.1) is 0 Å². The van der Waals surface area contributed by atoms with Crippen molar-refractivity contribution in [2.75, 3.05) is 18.5 Å². The number of hydrogen-bond acceptors (Lipinski definition) is 3. The van der Waals surface area contributed by atoms with Gasteiger partial charge in [0.2, 0.25) is 0 Å². The summed E-state index contributed by atoms with van der Waals surface area (Å²) in [6.45, 7) is 0.247. The molecule has 1 heterocycles. The number of anilines is 1. The predicted octanol–water partition coefficient (Wildman–Crippen LogP) is 3.23. The number of rotatable bonds is 6. The van der Waals surface area contributed by atoms with E-state index in [0.717, 1.165) is 18.5 Å². The summed E-state index contributed by atoms with van der Waals surface area (Å²) in [4.78, 5) is 12.5. The molecule has 2 N–H and O–H groups in total. The van der Waals surface area contributed by atoms with Gasteiger partial charge in [-0.1, -0.05) is 12.8 Å². The van der Waals surface area contributed by atoms with Crippen molar-refractivity contribution in [1.29, 1.82) is 0 Å². The van der Waals surface area contributed by atoms with Crippen LogP contribution in [0.2, 0.25) is 0 Å². The third-order valence-electron chi connectivity index (χ3n) is 4.20. The van der Waals surface area contributed by atoms with E-state index in [2.05, 4.69) is 9.88 Å². The molecule has 1 aromatic carbocycles. The molecule has 1 fully saturated rings. The molecular formula is C18H22N2O3. The van der Waals surface area contributed by atoms with E-state index in [0.29, 0.717) is 17.5 Å². The molecule has 0 atom stereocenters. The summed E-state index contributed by atoms with van der Waals surface area (Å²) in [5.41, 5.74) is 1.43. The van der Waals surface area contributed by atoms with Crippen LogP contribution in [0.3, 0.4) is 0 Å². The number of amides is 1. The Labute approximate surface area is 135 Å². The lowest BCUT2D eigenvalue weighted by molar-refractivity contribution is 0.101. The van der Waals surface area contributed by atoms with Gasteiger partial charge in [0.25, 0.3) is 5.91 Å². The number of benzene rings is 1. The van der Waals surface area contributed by atoms with E-state index in [4.69, 9.17) is 9.84 Å². The van der Waals surface area contributed by atoms with Gasteiger partial charge in [-0.3, -0.25) is 4.79 Å². The van der Waals surface area contributed by atoms with Crippen LogP contribution < -0.4 is 10.1 Å². The Bertz CT molecular complexity index is 643. The minimum absolute atomic E-state index is 0.0172. The zero-order valence-electron chi connectivity index (χ0n) is 13.1. The fraction of sp³-hybridized carbons (Fsp3) is 0.389. The Balaban J connectivity index is 1.66. The maximum Gasteiger partial charge on any atom is 0.272 e. The third kappa shape index (κ3) is 3.74. The molecule has 0 radical (unpaired) electrons. The molecule has 0 bridgehead atoms. The average Bonchev–Trinajstić information content (AvgIpc) is 3.24. The monoisotopic (exact) mass is 314 g/mol. The van der Waals surface area contributed by atoms with Crippen LogP contribution in [0, 0.1) is 0 Å². The quantitative estimate of drug-likeness (QED) is 0.860. The van der Waals surface area contributed by atoms with E-state index >= 15 is 0 Å². The summed E-state index contributed by atoms with van der Waals surface area (Å²) in [6, 6.07) is 11.4. The van der Waals surface area contributed by atoms with Gasteiger partial charge in [-0.25, -0.2) is 0 Å². The van der Waals surface area contributed by atoms with Gasteiger partial charge in [0.15, 0.2) is 0 Å². The van der Waals surface area contributed by atoms with Gasteiger partial charge in [-0.2, -0.15) is 0 Å². The maximum absolute atomic E-state index is 12.5. The van der Waals surface area contributed by atoms with Gasteiger partial charge in [0, 0.05) is 17.9 Å². The van der Waals surface area contributed by atoms with Gasteiger partial charge in [-0.05, 0) is 49.2 Å². The van der Waals surface area contributed by atoms with Crippen molar-refractivity contribution < 1.29 is 14.6 Å². The largest absolute Gasteiger partial charge is 0.491 e. The lowest BCUT2D eigenvalue weighted by Crippen LogP contribution is -2.18. The molecule has 2 aromatic rings. The Morgan fingerprint density at radius 1 is 1.22 bits per heavy atom. The fourth-order valence-corrected chi connectivity index (χ4v) is 3.08.